The van der Waals surface area contributed by atoms with Crippen molar-refractivity contribution in [3.05, 3.63) is 35.9 Å². The summed E-state index contributed by atoms with van der Waals surface area (Å²) in [5.74, 6) is -0.0181. The third-order valence-corrected chi connectivity index (χ3v) is 4.61. The minimum absolute atomic E-state index is 0.0241. The maximum absolute atomic E-state index is 12.0. The Morgan fingerprint density at radius 3 is 2.35 bits per heavy atom. The highest BCUT2D eigenvalue weighted by Crippen LogP contribution is 2.19. The molecule has 0 radical (unpaired) electrons. The van der Waals surface area contributed by atoms with Crippen molar-refractivity contribution in [3.8, 4) is 0 Å². The molecule has 2 rings (SSSR count). The number of hydrogen-bond acceptors (Lipinski definition) is 3. The van der Waals surface area contributed by atoms with Gasteiger partial charge in [-0.2, -0.15) is 0 Å². The first kappa shape index (κ1) is 17.7. The highest BCUT2D eigenvalue weighted by atomic mass is 16.2. The molecule has 0 saturated carbocycles. The molecule has 1 N–H and O–H groups in total. The molecule has 0 aliphatic carbocycles. The summed E-state index contributed by atoms with van der Waals surface area (Å²) in [6.07, 6.45) is 4.30. The first-order valence-corrected chi connectivity index (χ1v) is 8.59. The quantitative estimate of drug-likeness (QED) is 0.787. The van der Waals surface area contributed by atoms with Gasteiger partial charge in [0.15, 0.2) is 5.78 Å². The number of amides is 1. The molecular weight excluding hydrogens is 288 g/mol. The summed E-state index contributed by atoms with van der Waals surface area (Å²) in [6.45, 7) is 7.19. The fourth-order valence-electron chi connectivity index (χ4n) is 3.01. The van der Waals surface area contributed by atoms with Crippen LogP contribution in [0.3, 0.4) is 0 Å². The first-order valence-electron chi connectivity index (χ1n) is 8.59. The van der Waals surface area contributed by atoms with Crippen LogP contribution >= 0.6 is 0 Å². The van der Waals surface area contributed by atoms with Gasteiger partial charge in [0.05, 0.1) is 0 Å². The van der Waals surface area contributed by atoms with Crippen LogP contribution in [0.1, 0.15) is 56.3 Å². The minimum Gasteiger partial charge on any atom is -0.354 e. The van der Waals surface area contributed by atoms with Gasteiger partial charge in [0, 0.05) is 30.5 Å². The van der Waals surface area contributed by atoms with Crippen molar-refractivity contribution in [2.45, 2.75) is 51.5 Å². The van der Waals surface area contributed by atoms with Crippen molar-refractivity contribution in [3.63, 3.8) is 0 Å². The topological polar surface area (TPSA) is 49.4 Å². The van der Waals surface area contributed by atoms with E-state index in [-0.39, 0.29) is 30.1 Å². The Morgan fingerprint density at radius 2 is 1.70 bits per heavy atom. The normalized spacial score (nSPS) is 16.1. The van der Waals surface area contributed by atoms with Crippen LogP contribution in [0.25, 0.3) is 0 Å². The van der Waals surface area contributed by atoms with Gasteiger partial charge in [-0.05, 0) is 39.8 Å². The smallest absolute Gasteiger partial charge is 0.220 e. The lowest BCUT2D eigenvalue weighted by Crippen LogP contribution is -2.53. The molecule has 1 fully saturated rings. The van der Waals surface area contributed by atoms with Crippen LogP contribution in [0.4, 0.5) is 0 Å². The zero-order valence-corrected chi connectivity index (χ0v) is 14.3. The molecule has 126 valence electrons. The second-order valence-electron chi connectivity index (χ2n) is 6.93. The molecule has 1 aromatic rings. The Hall–Kier alpha value is -1.68. The summed E-state index contributed by atoms with van der Waals surface area (Å²) < 4.78 is 0. The van der Waals surface area contributed by atoms with Crippen molar-refractivity contribution in [1.82, 2.24) is 10.2 Å². The molecule has 1 aliphatic heterocycles. The highest BCUT2D eigenvalue weighted by Gasteiger charge is 2.28. The van der Waals surface area contributed by atoms with E-state index in [9.17, 15) is 9.59 Å². The predicted octanol–water partition coefficient (Wildman–Crippen LogP) is 3.03. The Labute approximate surface area is 139 Å². The summed E-state index contributed by atoms with van der Waals surface area (Å²) in [5, 5.41) is 2.99. The number of benzene rings is 1. The third-order valence-electron chi connectivity index (χ3n) is 4.61. The number of likely N-dealkylation sites (tertiary alicyclic amines) is 1. The van der Waals surface area contributed by atoms with Gasteiger partial charge >= 0.3 is 0 Å². The van der Waals surface area contributed by atoms with Gasteiger partial charge in [0.25, 0.3) is 0 Å². The maximum Gasteiger partial charge on any atom is 0.220 e. The average Bonchev–Trinajstić information content (AvgIpc) is 2.59. The maximum atomic E-state index is 12.0. The van der Waals surface area contributed by atoms with Gasteiger partial charge in [-0.25, -0.2) is 0 Å². The molecule has 1 aromatic carbocycles. The number of piperidine rings is 1. The molecule has 4 heteroatoms. The number of hydrogen-bond donors (Lipinski definition) is 1. The lowest BCUT2D eigenvalue weighted by molar-refractivity contribution is -0.121. The summed E-state index contributed by atoms with van der Waals surface area (Å²) in [4.78, 5) is 26.5. The number of carbonyl (C=O) groups is 2. The minimum atomic E-state index is -0.0423. The van der Waals surface area contributed by atoms with Gasteiger partial charge in [-0.3, -0.25) is 14.5 Å². The van der Waals surface area contributed by atoms with E-state index in [2.05, 4.69) is 24.1 Å². The van der Waals surface area contributed by atoms with E-state index in [0.29, 0.717) is 12.1 Å². The molecule has 1 aliphatic rings. The molecule has 0 atom stereocenters. The number of nitrogens with one attached hydrogen (secondary N) is 1. The average molecular weight is 316 g/mol. The van der Waals surface area contributed by atoms with Gasteiger partial charge in [0.2, 0.25) is 5.91 Å². The first-order chi connectivity index (χ1) is 11.0. The van der Waals surface area contributed by atoms with Crippen LogP contribution < -0.4 is 5.32 Å². The van der Waals surface area contributed by atoms with Crippen LogP contribution in [-0.4, -0.2) is 41.8 Å². The molecule has 0 aromatic heterocycles. The van der Waals surface area contributed by atoms with Gasteiger partial charge in [-0.15, -0.1) is 0 Å². The van der Waals surface area contributed by atoms with Crippen LogP contribution in [-0.2, 0) is 4.79 Å². The SMILES string of the molecule is CC(C)(CNC(=O)CCC(=O)c1ccccc1)N1CCCCC1. The monoisotopic (exact) mass is 316 g/mol. The lowest BCUT2D eigenvalue weighted by atomic mass is 9.98. The van der Waals surface area contributed by atoms with E-state index in [1.54, 1.807) is 12.1 Å². The van der Waals surface area contributed by atoms with Crippen LogP contribution in [0.5, 0.6) is 0 Å². The largest absolute Gasteiger partial charge is 0.354 e. The van der Waals surface area contributed by atoms with E-state index in [0.717, 1.165) is 13.1 Å². The van der Waals surface area contributed by atoms with E-state index < -0.39 is 0 Å². The summed E-state index contributed by atoms with van der Waals surface area (Å²) >= 11 is 0. The Morgan fingerprint density at radius 1 is 1.04 bits per heavy atom. The Balaban J connectivity index is 1.73. The van der Waals surface area contributed by atoms with Gasteiger partial charge in [-0.1, -0.05) is 36.8 Å². The summed E-state index contributed by atoms with van der Waals surface area (Å²) in [6, 6.07) is 9.15. The molecule has 0 unspecified atom stereocenters. The Bertz CT molecular complexity index is 519. The van der Waals surface area contributed by atoms with Crippen molar-refractivity contribution in [1.29, 1.82) is 0 Å². The molecule has 1 saturated heterocycles. The molecule has 1 amide bonds. The fraction of sp³-hybridized carbons (Fsp3) is 0.579. The molecule has 0 spiro atoms. The molecule has 4 nitrogen and oxygen atoms in total. The zero-order valence-electron chi connectivity index (χ0n) is 14.3. The standard InChI is InChI=1S/C19H28N2O2/c1-19(2,21-13-7-4-8-14-21)15-20-18(23)12-11-17(22)16-9-5-3-6-10-16/h3,5-6,9-10H,4,7-8,11-15H2,1-2H3,(H,20,23). The van der Waals surface area contributed by atoms with E-state index >= 15 is 0 Å². The van der Waals surface area contributed by atoms with Crippen LogP contribution in [0, 0.1) is 0 Å². The number of Topliss-reactive ketones (excluding diaryl/α,β-unsaturated/α-hetero) is 1. The van der Waals surface area contributed by atoms with Gasteiger partial charge < -0.3 is 5.32 Å². The zero-order chi connectivity index (χ0) is 16.7. The molecule has 23 heavy (non-hydrogen) atoms. The van der Waals surface area contributed by atoms with Crippen LogP contribution in [0.15, 0.2) is 30.3 Å². The molecule has 0 bridgehead atoms. The van der Waals surface area contributed by atoms with Crippen molar-refractivity contribution in [2.75, 3.05) is 19.6 Å². The number of nitrogens with zero attached hydrogens (tertiary/aromatic N) is 1. The second kappa shape index (κ2) is 8.25. The second-order valence-corrected chi connectivity index (χ2v) is 6.93. The fourth-order valence-corrected chi connectivity index (χ4v) is 3.01. The van der Waals surface area contributed by atoms with E-state index in [1.807, 2.05) is 18.2 Å². The molecular formula is C19H28N2O2. The summed E-state index contributed by atoms with van der Waals surface area (Å²) in [7, 11) is 0. The van der Waals surface area contributed by atoms with E-state index in [4.69, 9.17) is 0 Å². The summed E-state index contributed by atoms with van der Waals surface area (Å²) in [5.41, 5.74) is 0.647. The third kappa shape index (κ3) is 5.47. The number of rotatable bonds is 7. The van der Waals surface area contributed by atoms with Crippen molar-refractivity contribution in [2.24, 2.45) is 0 Å². The Kier molecular flexibility index (Phi) is 6.34. The predicted molar refractivity (Wildman–Crippen MR) is 92.5 cm³/mol. The van der Waals surface area contributed by atoms with Crippen LogP contribution in [0.2, 0.25) is 0 Å². The van der Waals surface area contributed by atoms with E-state index in [1.165, 1.54) is 19.3 Å². The lowest BCUT2D eigenvalue weighted by Gasteiger charge is -2.41. The number of ketones is 1. The highest BCUT2D eigenvalue weighted by molar-refractivity contribution is 5.97. The van der Waals surface area contributed by atoms with Crippen molar-refractivity contribution < 1.29 is 9.59 Å². The number of carbonyl (C=O) groups excluding carboxylic acids is 2. The molecule has 1 heterocycles. The van der Waals surface area contributed by atoms with Gasteiger partial charge in [0.1, 0.15) is 0 Å². The van der Waals surface area contributed by atoms with Crippen molar-refractivity contribution >= 4 is 11.7 Å².